The molecule has 0 heterocycles. The lowest BCUT2D eigenvalue weighted by atomic mass is 9.46. The van der Waals surface area contributed by atoms with Crippen molar-refractivity contribution in [3.63, 3.8) is 0 Å². The number of allylic oxidation sites excluding steroid dienone is 3. The van der Waals surface area contributed by atoms with Crippen molar-refractivity contribution in [2.24, 2.45) is 43.6 Å². The Kier molecular flexibility index (Phi) is 14.4. The highest BCUT2D eigenvalue weighted by atomic mass is 14.9. The molecule has 4 unspecified atom stereocenters. The van der Waals surface area contributed by atoms with Crippen LogP contribution in [0.4, 0.5) is 0 Å². The van der Waals surface area contributed by atoms with E-state index < -0.39 is 16.2 Å². The molecule has 236 valence electrons. The average molecular weight is 578 g/mol. The van der Waals surface area contributed by atoms with Gasteiger partial charge in [0.05, 0.1) is 29.5 Å². The van der Waals surface area contributed by atoms with Gasteiger partial charge in [0.15, 0.2) is 0 Å². The normalized spacial score (nSPS) is 18.0. The van der Waals surface area contributed by atoms with Gasteiger partial charge in [-0.1, -0.05) is 80.0 Å². The molecule has 0 bridgehead atoms. The van der Waals surface area contributed by atoms with Crippen LogP contribution in [0.15, 0.2) is 37.6 Å². The van der Waals surface area contributed by atoms with Crippen molar-refractivity contribution in [1.82, 2.24) is 10.6 Å². The molecule has 0 radical (unpaired) electrons. The molecule has 0 spiro atoms. The van der Waals surface area contributed by atoms with E-state index in [0.29, 0.717) is 32.5 Å². The Labute approximate surface area is 260 Å². The predicted molar refractivity (Wildman–Crippen MR) is 181 cm³/mol. The van der Waals surface area contributed by atoms with Gasteiger partial charge in [-0.05, 0) is 92.5 Å². The number of nitriles is 2. The summed E-state index contributed by atoms with van der Waals surface area (Å²) in [6.07, 6.45) is 14.2. The number of terminal acetylenes is 1. The van der Waals surface area contributed by atoms with Crippen LogP contribution in [-0.4, -0.2) is 26.2 Å². The molecule has 0 aromatic rings. The largest absolute Gasteiger partial charge is 0.389 e. The second-order valence-electron chi connectivity index (χ2n) is 15.2. The first-order valence-corrected chi connectivity index (χ1v) is 15.5. The second kappa shape index (κ2) is 15.3. The maximum atomic E-state index is 10.5. The van der Waals surface area contributed by atoms with Gasteiger partial charge >= 0.3 is 0 Å². The molecule has 0 saturated heterocycles. The van der Waals surface area contributed by atoms with Crippen molar-refractivity contribution >= 4 is 0 Å². The Morgan fingerprint density at radius 2 is 1.33 bits per heavy atom. The average Bonchev–Trinajstić information content (AvgIpc) is 2.92. The van der Waals surface area contributed by atoms with Gasteiger partial charge in [-0.3, -0.25) is 0 Å². The van der Waals surface area contributed by atoms with Crippen LogP contribution in [0.5, 0.6) is 0 Å². The van der Waals surface area contributed by atoms with Crippen molar-refractivity contribution in [3.05, 3.63) is 37.6 Å². The number of nitrogens with zero attached hydrogens (tertiary/aromatic N) is 2. The zero-order valence-electron chi connectivity index (χ0n) is 28.9. The van der Waals surface area contributed by atoms with Gasteiger partial charge in [-0.15, -0.1) is 19.6 Å². The Hall–Kier alpha value is -2.52. The smallest absolute Gasteiger partial charge is 0.0693 e. The zero-order valence-corrected chi connectivity index (χ0v) is 28.9. The molecule has 0 saturated carbocycles. The van der Waals surface area contributed by atoms with Crippen molar-refractivity contribution in [2.75, 3.05) is 26.2 Å². The minimum atomic E-state index is -0.614. The second-order valence-corrected chi connectivity index (χ2v) is 15.2. The van der Waals surface area contributed by atoms with Gasteiger partial charge in [0.2, 0.25) is 0 Å². The fourth-order valence-electron chi connectivity index (χ4n) is 6.41. The molecule has 0 aromatic carbocycles. The van der Waals surface area contributed by atoms with Crippen LogP contribution in [0.1, 0.15) is 108 Å². The Balaban J connectivity index is 6.27. The van der Waals surface area contributed by atoms with Crippen molar-refractivity contribution < 1.29 is 0 Å². The van der Waals surface area contributed by atoms with E-state index in [-0.39, 0.29) is 21.7 Å². The number of nitrogens with one attached hydrogen (secondary N) is 2. The topological polar surface area (TPSA) is 97.7 Å². The summed E-state index contributed by atoms with van der Waals surface area (Å²) in [6.45, 7) is 37.5. The van der Waals surface area contributed by atoms with E-state index in [4.69, 9.17) is 12.2 Å². The highest BCUT2D eigenvalue weighted by molar-refractivity contribution is 5.18. The fourth-order valence-corrected chi connectivity index (χ4v) is 6.41. The first kappa shape index (κ1) is 39.5. The summed E-state index contributed by atoms with van der Waals surface area (Å²) in [5, 5.41) is 27.5. The molecular formula is C37H63N5. The Bertz CT molecular complexity index is 1050. The molecule has 0 aromatic heterocycles. The van der Waals surface area contributed by atoms with Crippen molar-refractivity contribution in [3.8, 4) is 24.5 Å². The van der Waals surface area contributed by atoms with E-state index in [0.717, 1.165) is 37.9 Å². The third-order valence-corrected chi connectivity index (χ3v) is 11.6. The molecule has 0 aliphatic heterocycles. The summed E-state index contributed by atoms with van der Waals surface area (Å²) in [7, 11) is 0. The van der Waals surface area contributed by atoms with Gasteiger partial charge < -0.3 is 16.4 Å². The summed E-state index contributed by atoms with van der Waals surface area (Å²) in [5.74, 6) is 2.61. The summed E-state index contributed by atoms with van der Waals surface area (Å²) in [5.41, 5.74) is 3.77. The summed E-state index contributed by atoms with van der Waals surface area (Å²) in [6, 6.07) is 5.35. The fraction of sp³-hybridized carbons (Fsp3) is 0.730. The van der Waals surface area contributed by atoms with Gasteiger partial charge in [-0.25, -0.2) is 0 Å². The molecule has 4 atom stereocenters. The molecule has 0 amide bonds. The van der Waals surface area contributed by atoms with Crippen molar-refractivity contribution in [2.45, 2.75) is 108 Å². The maximum absolute atomic E-state index is 10.5. The lowest BCUT2D eigenvalue weighted by molar-refractivity contribution is -0.0475. The number of rotatable bonds is 21. The van der Waals surface area contributed by atoms with Crippen LogP contribution in [0.3, 0.4) is 0 Å². The van der Waals surface area contributed by atoms with Crippen LogP contribution in [0.2, 0.25) is 0 Å². The maximum Gasteiger partial charge on any atom is 0.0693 e. The number of nitrogens with two attached hydrogens (primary N) is 1. The first-order chi connectivity index (χ1) is 19.2. The molecule has 42 heavy (non-hydrogen) atoms. The van der Waals surface area contributed by atoms with Crippen LogP contribution >= 0.6 is 0 Å². The molecule has 5 nitrogen and oxygen atoms in total. The van der Waals surface area contributed by atoms with Crippen LogP contribution in [0.25, 0.3) is 0 Å². The monoisotopic (exact) mass is 578 g/mol. The van der Waals surface area contributed by atoms with E-state index in [1.54, 1.807) is 0 Å². The van der Waals surface area contributed by atoms with E-state index in [2.05, 4.69) is 130 Å². The van der Waals surface area contributed by atoms with Gasteiger partial charge in [-0.2, -0.15) is 10.5 Å². The lowest BCUT2D eigenvalue weighted by Crippen LogP contribution is -2.51. The van der Waals surface area contributed by atoms with Crippen molar-refractivity contribution in [1.29, 1.82) is 10.5 Å². The van der Waals surface area contributed by atoms with E-state index in [1.165, 1.54) is 0 Å². The highest BCUT2D eigenvalue weighted by Gasteiger charge is 2.56. The van der Waals surface area contributed by atoms with E-state index >= 15 is 0 Å². The summed E-state index contributed by atoms with van der Waals surface area (Å²) >= 11 is 0. The third-order valence-electron chi connectivity index (χ3n) is 11.6. The van der Waals surface area contributed by atoms with Gasteiger partial charge in [0, 0.05) is 12.2 Å². The van der Waals surface area contributed by atoms with Crippen LogP contribution < -0.4 is 16.4 Å². The minimum absolute atomic E-state index is 0.228. The van der Waals surface area contributed by atoms with E-state index in [1.807, 2.05) is 0 Å². The summed E-state index contributed by atoms with van der Waals surface area (Å²) in [4.78, 5) is 0. The molecule has 5 heteroatoms. The minimum Gasteiger partial charge on any atom is -0.389 e. The highest BCUT2D eigenvalue weighted by Crippen LogP contribution is 2.62. The van der Waals surface area contributed by atoms with Gasteiger partial charge in [0.1, 0.15) is 0 Å². The molecular weight excluding hydrogens is 514 g/mol. The zero-order chi connectivity index (χ0) is 33.1. The van der Waals surface area contributed by atoms with Gasteiger partial charge in [0.25, 0.3) is 0 Å². The molecule has 0 aliphatic rings. The first-order valence-electron chi connectivity index (χ1n) is 15.5. The Morgan fingerprint density at radius 3 is 1.79 bits per heavy atom. The van der Waals surface area contributed by atoms with Crippen LogP contribution in [0, 0.1) is 72.9 Å². The summed E-state index contributed by atoms with van der Waals surface area (Å²) < 4.78 is 0. The number of hydrogen-bond acceptors (Lipinski definition) is 5. The molecule has 0 fully saturated rings. The third kappa shape index (κ3) is 8.75. The number of hydrogen-bond donors (Lipinski definition) is 3. The molecule has 0 aliphatic carbocycles. The SMILES string of the molecule is C#CCNCCC(C)(C#N)C(C)(C)C(C)(C=C)CC(C)(C)C(C)(C=C)CC(C)(C)C(C)(C#N)CCC(=C)NCCCN. The molecule has 0 rings (SSSR count). The Morgan fingerprint density at radius 1 is 0.810 bits per heavy atom. The predicted octanol–water partition coefficient (Wildman–Crippen LogP) is 8.13. The quantitative estimate of drug-likeness (QED) is 0.0727. The lowest BCUT2D eigenvalue weighted by Gasteiger charge is -2.57. The molecule has 4 N–H and O–H groups in total. The van der Waals surface area contributed by atoms with Crippen LogP contribution in [-0.2, 0) is 0 Å². The van der Waals surface area contributed by atoms with E-state index in [9.17, 15) is 10.5 Å². The standard InChI is InChI=1S/C37H63N5/c1-15-23-41-25-21-37(14,29-40)33(9,10)35(12,17-3)27-31(5,6)34(11,16-2)26-32(7,8)36(13,28-39)20-19-30(4)42-24-18-22-38/h1,16-17,41-42H,2-4,18-27,38H2,5-14H3.